The SMILES string of the molecule is CC1(c2ccc(Cl)cc2)CC(C)(C)N(C(=O)COc2nc3ccccc3s2)c2ccccc21. The Balaban J connectivity index is 1.47. The normalized spacial score (nSPS) is 19.3. The number of aromatic nitrogens is 1. The van der Waals surface area contributed by atoms with E-state index in [2.05, 4.69) is 44.0 Å². The number of carbonyl (C=O) groups is 1. The number of halogens is 1. The first-order valence-corrected chi connectivity index (χ1v) is 12.1. The van der Waals surface area contributed by atoms with Gasteiger partial charge in [-0.15, -0.1) is 0 Å². The number of carbonyl (C=O) groups excluding carboxylic acids is 1. The Morgan fingerprint density at radius 1 is 1.03 bits per heavy atom. The van der Waals surface area contributed by atoms with Gasteiger partial charge in [-0.2, -0.15) is 0 Å². The number of ether oxygens (including phenoxy) is 1. The monoisotopic (exact) mass is 476 g/mol. The van der Waals surface area contributed by atoms with Gasteiger partial charge in [-0.1, -0.05) is 72.3 Å². The van der Waals surface area contributed by atoms with Crippen molar-refractivity contribution in [2.24, 2.45) is 0 Å². The first-order chi connectivity index (χ1) is 15.8. The van der Waals surface area contributed by atoms with E-state index in [0.717, 1.165) is 32.9 Å². The zero-order valence-electron chi connectivity index (χ0n) is 18.8. The molecule has 0 saturated carbocycles. The summed E-state index contributed by atoms with van der Waals surface area (Å²) in [5, 5.41) is 1.23. The lowest BCUT2D eigenvalue weighted by Gasteiger charge is -2.51. The third-order valence-electron chi connectivity index (χ3n) is 6.46. The standard InChI is InChI=1S/C27H25ClN2O2S/c1-26(2)17-27(3,18-12-14-19(28)15-13-18)20-8-4-6-10-22(20)30(26)24(31)16-32-25-29-21-9-5-7-11-23(21)33-25/h4-15H,16-17H2,1-3H3. The van der Waals surface area contributed by atoms with E-state index >= 15 is 0 Å². The van der Waals surface area contributed by atoms with E-state index in [-0.39, 0.29) is 17.9 Å². The van der Waals surface area contributed by atoms with Gasteiger partial charge in [-0.25, -0.2) is 4.98 Å². The molecule has 33 heavy (non-hydrogen) atoms. The molecule has 1 amide bonds. The van der Waals surface area contributed by atoms with Crippen LogP contribution < -0.4 is 9.64 Å². The van der Waals surface area contributed by atoms with Crippen molar-refractivity contribution < 1.29 is 9.53 Å². The number of hydrogen-bond donors (Lipinski definition) is 0. The summed E-state index contributed by atoms with van der Waals surface area (Å²) in [5.74, 6) is -0.0788. The van der Waals surface area contributed by atoms with Gasteiger partial charge in [0.05, 0.1) is 10.2 Å². The Labute approximate surface area is 202 Å². The number of anilines is 1. The number of rotatable bonds is 4. The maximum atomic E-state index is 13.5. The van der Waals surface area contributed by atoms with Crippen molar-refractivity contribution >= 4 is 44.7 Å². The summed E-state index contributed by atoms with van der Waals surface area (Å²) in [4.78, 5) is 19.9. The zero-order valence-corrected chi connectivity index (χ0v) is 20.4. The van der Waals surface area contributed by atoms with Crippen molar-refractivity contribution in [2.75, 3.05) is 11.5 Å². The van der Waals surface area contributed by atoms with Crippen LogP contribution in [0.5, 0.6) is 5.19 Å². The number of benzene rings is 3. The van der Waals surface area contributed by atoms with Gasteiger partial charge < -0.3 is 9.64 Å². The molecule has 1 aliphatic heterocycles. The number of thiazole rings is 1. The topological polar surface area (TPSA) is 42.4 Å². The van der Waals surface area contributed by atoms with Crippen LogP contribution >= 0.6 is 22.9 Å². The fourth-order valence-corrected chi connectivity index (χ4v) is 6.09. The number of amides is 1. The molecule has 1 aromatic heterocycles. The molecular weight excluding hydrogens is 452 g/mol. The lowest BCUT2D eigenvalue weighted by atomic mass is 9.65. The zero-order chi connectivity index (χ0) is 23.2. The number of fused-ring (bicyclic) bond motifs is 2. The molecule has 0 radical (unpaired) electrons. The van der Waals surface area contributed by atoms with Crippen LogP contribution in [0.15, 0.2) is 72.8 Å². The molecule has 1 unspecified atom stereocenters. The largest absolute Gasteiger partial charge is 0.460 e. The second-order valence-electron chi connectivity index (χ2n) is 9.31. The molecule has 4 aromatic rings. The van der Waals surface area contributed by atoms with E-state index in [1.165, 1.54) is 16.9 Å². The van der Waals surface area contributed by atoms with Crippen LogP contribution in [0.3, 0.4) is 0 Å². The molecule has 1 aliphatic rings. The highest BCUT2D eigenvalue weighted by Crippen LogP contribution is 2.50. The van der Waals surface area contributed by atoms with Crippen LogP contribution in [0.1, 0.15) is 38.3 Å². The summed E-state index contributed by atoms with van der Waals surface area (Å²) < 4.78 is 6.91. The maximum absolute atomic E-state index is 13.5. The van der Waals surface area contributed by atoms with E-state index in [4.69, 9.17) is 16.3 Å². The number of hydrogen-bond acceptors (Lipinski definition) is 4. The summed E-state index contributed by atoms with van der Waals surface area (Å²) in [6.07, 6.45) is 0.769. The van der Waals surface area contributed by atoms with Crippen LogP contribution in [0, 0.1) is 0 Å². The van der Waals surface area contributed by atoms with Gasteiger partial charge in [0.1, 0.15) is 0 Å². The highest BCUT2D eigenvalue weighted by atomic mass is 35.5. The van der Waals surface area contributed by atoms with Gasteiger partial charge in [0.25, 0.3) is 11.1 Å². The van der Waals surface area contributed by atoms with Crippen molar-refractivity contribution in [2.45, 2.75) is 38.1 Å². The molecule has 0 spiro atoms. The van der Waals surface area contributed by atoms with Crippen LogP contribution in [0.2, 0.25) is 5.02 Å². The van der Waals surface area contributed by atoms with Crippen molar-refractivity contribution in [1.29, 1.82) is 0 Å². The highest BCUT2D eigenvalue weighted by Gasteiger charge is 2.47. The first-order valence-electron chi connectivity index (χ1n) is 10.9. The Morgan fingerprint density at radius 3 is 2.48 bits per heavy atom. The van der Waals surface area contributed by atoms with Crippen molar-refractivity contribution in [3.8, 4) is 5.19 Å². The molecule has 0 aliphatic carbocycles. The van der Waals surface area contributed by atoms with Crippen molar-refractivity contribution in [3.63, 3.8) is 0 Å². The molecular formula is C27H25ClN2O2S. The molecule has 2 heterocycles. The van der Waals surface area contributed by atoms with Gasteiger partial charge in [-0.3, -0.25) is 4.79 Å². The summed E-state index contributed by atoms with van der Waals surface area (Å²) in [5.41, 5.74) is 3.44. The summed E-state index contributed by atoms with van der Waals surface area (Å²) in [6, 6.07) is 24.1. The van der Waals surface area contributed by atoms with Crippen LogP contribution in [-0.2, 0) is 10.2 Å². The van der Waals surface area contributed by atoms with Gasteiger partial charge in [0, 0.05) is 21.7 Å². The van der Waals surface area contributed by atoms with Gasteiger partial charge in [0.15, 0.2) is 6.61 Å². The lowest BCUT2D eigenvalue weighted by Crippen LogP contribution is -2.57. The van der Waals surface area contributed by atoms with E-state index in [1.54, 1.807) is 0 Å². The van der Waals surface area contributed by atoms with Crippen LogP contribution in [0.4, 0.5) is 5.69 Å². The van der Waals surface area contributed by atoms with Gasteiger partial charge >= 0.3 is 0 Å². The first kappa shape index (κ1) is 21.9. The van der Waals surface area contributed by atoms with E-state index in [9.17, 15) is 4.79 Å². The predicted molar refractivity (Wildman–Crippen MR) is 136 cm³/mol. The molecule has 0 N–H and O–H groups in total. The molecule has 0 bridgehead atoms. The smallest absolute Gasteiger partial charge is 0.274 e. The van der Waals surface area contributed by atoms with Gasteiger partial charge in [0.2, 0.25) is 0 Å². The molecule has 0 fully saturated rings. The Kier molecular flexibility index (Phi) is 5.42. The second-order valence-corrected chi connectivity index (χ2v) is 10.7. The average molecular weight is 477 g/mol. The third kappa shape index (κ3) is 3.90. The summed E-state index contributed by atoms with van der Waals surface area (Å²) in [7, 11) is 0. The molecule has 6 heteroatoms. The molecule has 5 rings (SSSR count). The fourth-order valence-electron chi connectivity index (χ4n) is 5.15. The van der Waals surface area contributed by atoms with E-state index in [1.807, 2.05) is 59.5 Å². The molecule has 1 atom stereocenters. The lowest BCUT2D eigenvalue weighted by molar-refractivity contribution is -0.121. The fraction of sp³-hybridized carbons (Fsp3) is 0.259. The second kappa shape index (κ2) is 8.15. The molecule has 3 aromatic carbocycles. The average Bonchev–Trinajstić information content (AvgIpc) is 3.20. The van der Waals surface area contributed by atoms with Crippen molar-refractivity contribution in [3.05, 3.63) is 88.9 Å². The van der Waals surface area contributed by atoms with Crippen LogP contribution in [-0.4, -0.2) is 23.0 Å². The molecule has 0 saturated heterocycles. The number of para-hydroxylation sites is 2. The Bertz CT molecular complexity index is 1300. The van der Waals surface area contributed by atoms with Crippen molar-refractivity contribution in [1.82, 2.24) is 4.98 Å². The minimum absolute atomic E-state index is 0.0603. The molecule has 4 nitrogen and oxygen atoms in total. The third-order valence-corrected chi connectivity index (χ3v) is 7.66. The maximum Gasteiger partial charge on any atom is 0.274 e. The Morgan fingerprint density at radius 2 is 1.73 bits per heavy atom. The predicted octanol–water partition coefficient (Wildman–Crippen LogP) is 6.85. The van der Waals surface area contributed by atoms with E-state index in [0.29, 0.717) is 5.19 Å². The minimum atomic E-state index is -0.420. The summed E-state index contributed by atoms with van der Waals surface area (Å²) >= 11 is 7.61. The summed E-state index contributed by atoms with van der Waals surface area (Å²) in [6.45, 7) is 6.42. The van der Waals surface area contributed by atoms with Crippen LogP contribution in [0.25, 0.3) is 10.2 Å². The van der Waals surface area contributed by atoms with Gasteiger partial charge in [-0.05, 0) is 61.7 Å². The highest BCUT2D eigenvalue weighted by molar-refractivity contribution is 7.20. The Hall–Kier alpha value is -2.89. The molecule has 168 valence electrons. The quantitative estimate of drug-likeness (QED) is 0.323. The number of nitrogens with zero attached hydrogens (tertiary/aromatic N) is 2. The van der Waals surface area contributed by atoms with E-state index < -0.39 is 5.54 Å². The minimum Gasteiger partial charge on any atom is -0.460 e.